The van der Waals surface area contributed by atoms with E-state index in [9.17, 15) is 4.39 Å². The lowest BCUT2D eigenvalue weighted by atomic mass is 9.93. The number of rotatable bonds is 5. The Kier molecular flexibility index (Phi) is 4.97. The second-order valence-electron chi connectivity index (χ2n) is 5.30. The summed E-state index contributed by atoms with van der Waals surface area (Å²) in [6.07, 6.45) is 0.762. The average molecular weight is 287 g/mol. The molecule has 0 aliphatic heterocycles. The Morgan fingerprint density at radius 2 is 1.81 bits per heavy atom. The summed E-state index contributed by atoms with van der Waals surface area (Å²) in [6.45, 7) is 4.19. The van der Waals surface area contributed by atoms with Gasteiger partial charge in [-0.15, -0.1) is 0 Å². The standard InChI is InChI=1S/C18H22FNO/c1-12-6-5-7-13(2)16(12)11-18(20-3)15-9-8-14(21-4)10-17(15)19/h5-10,18,20H,11H2,1-4H3. The smallest absolute Gasteiger partial charge is 0.131 e. The minimum Gasteiger partial charge on any atom is -0.497 e. The monoisotopic (exact) mass is 287 g/mol. The van der Waals surface area contributed by atoms with E-state index in [1.54, 1.807) is 19.2 Å². The molecule has 0 aliphatic carbocycles. The molecule has 2 aromatic carbocycles. The molecular weight excluding hydrogens is 265 g/mol. The van der Waals surface area contributed by atoms with E-state index in [1.807, 2.05) is 7.05 Å². The molecule has 0 saturated carbocycles. The van der Waals surface area contributed by atoms with Gasteiger partial charge in [0.2, 0.25) is 0 Å². The van der Waals surface area contributed by atoms with Crippen LogP contribution >= 0.6 is 0 Å². The zero-order valence-corrected chi connectivity index (χ0v) is 13.0. The van der Waals surface area contributed by atoms with Crippen LogP contribution in [0.25, 0.3) is 0 Å². The van der Waals surface area contributed by atoms with E-state index in [-0.39, 0.29) is 11.9 Å². The van der Waals surface area contributed by atoms with Gasteiger partial charge in [0.05, 0.1) is 7.11 Å². The van der Waals surface area contributed by atoms with E-state index in [0.717, 1.165) is 6.42 Å². The highest BCUT2D eigenvalue weighted by molar-refractivity contribution is 5.37. The second-order valence-corrected chi connectivity index (χ2v) is 5.30. The molecule has 0 radical (unpaired) electrons. The summed E-state index contributed by atoms with van der Waals surface area (Å²) in [5.74, 6) is 0.304. The highest BCUT2D eigenvalue weighted by atomic mass is 19.1. The number of aryl methyl sites for hydroxylation is 2. The molecule has 0 bridgehead atoms. The molecule has 112 valence electrons. The second kappa shape index (κ2) is 6.72. The molecule has 1 unspecified atom stereocenters. The van der Waals surface area contributed by atoms with Crippen LogP contribution in [0.1, 0.15) is 28.3 Å². The van der Waals surface area contributed by atoms with Gasteiger partial charge in [0.15, 0.2) is 0 Å². The highest BCUT2D eigenvalue weighted by Gasteiger charge is 2.17. The molecule has 2 rings (SSSR count). The van der Waals surface area contributed by atoms with Crippen LogP contribution in [0.3, 0.4) is 0 Å². The van der Waals surface area contributed by atoms with Crippen molar-refractivity contribution in [3.8, 4) is 5.75 Å². The van der Waals surface area contributed by atoms with Crippen molar-refractivity contribution in [2.45, 2.75) is 26.3 Å². The third-order valence-electron chi connectivity index (χ3n) is 3.98. The predicted molar refractivity (Wildman–Crippen MR) is 84.4 cm³/mol. The van der Waals surface area contributed by atoms with Crippen molar-refractivity contribution in [3.05, 3.63) is 64.5 Å². The summed E-state index contributed by atoms with van der Waals surface area (Å²) in [7, 11) is 3.41. The Bertz CT molecular complexity index is 604. The summed E-state index contributed by atoms with van der Waals surface area (Å²) in [5.41, 5.74) is 4.42. The van der Waals surface area contributed by atoms with Crippen LogP contribution in [0.2, 0.25) is 0 Å². The summed E-state index contributed by atoms with van der Waals surface area (Å²) in [6, 6.07) is 11.2. The third-order valence-corrected chi connectivity index (χ3v) is 3.98. The van der Waals surface area contributed by atoms with Crippen molar-refractivity contribution < 1.29 is 9.13 Å². The molecule has 0 fully saturated rings. The van der Waals surface area contributed by atoms with E-state index in [4.69, 9.17) is 4.74 Å². The molecule has 0 amide bonds. The van der Waals surface area contributed by atoms with Crippen molar-refractivity contribution in [2.75, 3.05) is 14.2 Å². The first kappa shape index (κ1) is 15.5. The molecule has 1 atom stereocenters. The zero-order chi connectivity index (χ0) is 15.4. The molecule has 0 heterocycles. The van der Waals surface area contributed by atoms with Crippen LogP contribution in [0.15, 0.2) is 36.4 Å². The van der Waals surface area contributed by atoms with Crippen LogP contribution in [0.4, 0.5) is 4.39 Å². The predicted octanol–water partition coefficient (Wildman–Crippen LogP) is 3.95. The molecule has 21 heavy (non-hydrogen) atoms. The molecule has 0 saturated heterocycles. The lowest BCUT2D eigenvalue weighted by Gasteiger charge is -2.20. The van der Waals surface area contributed by atoms with Crippen LogP contribution in [0.5, 0.6) is 5.75 Å². The molecule has 0 spiro atoms. The quantitative estimate of drug-likeness (QED) is 0.899. The highest BCUT2D eigenvalue weighted by Crippen LogP contribution is 2.26. The van der Waals surface area contributed by atoms with Crippen LogP contribution in [-0.4, -0.2) is 14.2 Å². The molecule has 2 aromatic rings. The number of hydrogen-bond acceptors (Lipinski definition) is 2. The van der Waals surface area contributed by atoms with Crippen molar-refractivity contribution in [1.82, 2.24) is 5.32 Å². The van der Waals surface area contributed by atoms with Gasteiger partial charge in [-0.25, -0.2) is 4.39 Å². The van der Waals surface area contributed by atoms with E-state index in [2.05, 4.69) is 37.4 Å². The lowest BCUT2D eigenvalue weighted by Crippen LogP contribution is -2.21. The number of halogens is 1. The number of methoxy groups -OCH3 is 1. The van der Waals surface area contributed by atoms with E-state index in [0.29, 0.717) is 11.3 Å². The SMILES string of the molecule is CNC(Cc1c(C)cccc1C)c1ccc(OC)cc1F. The molecule has 3 heteroatoms. The Morgan fingerprint density at radius 1 is 1.14 bits per heavy atom. The molecule has 2 nitrogen and oxygen atoms in total. The first-order valence-corrected chi connectivity index (χ1v) is 7.12. The van der Waals surface area contributed by atoms with Gasteiger partial charge in [0.25, 0.3) is 0 Å². The van der Waals surface area contributed by atoms with Gasteiger partial charge in [-0.05, 0) is 50.1 Å². The number of benzene rings is 2. The number of ether oxygens (including phenoxy) is 1. The van der Waals surface area contributed by atoms with Gasteiger partial charge in [0.1, 0.15) is 11.6 Å². The Hall–Kier alpha value is -1.87. The fourth-order valence-electron chi connectivity index (χ4n) is 2.66. The maximum atomic E-state index is 14.3. The molecule has 0 aliphatic rings. The first-order chi connectivity index (χ1) is 10.1. The fraction of sp³-hybridized carbons (Fsp3) is 0.333. The van der Waals surface area contributed by atoms with E-state index < -0.39 is 0 Å². The van der Waals surface area contributed by atoms with E-state index >= 15 is 0 Å². The van der Waals surface area contributed by atoms with Gasteiger partial charge in [-0.3, -0.25) is 0 Å². The van der Waals surface area contributed by atoms with Gasteiger partial charge in [-0.1, -0.05) is 24.3 Å². The van der Waals surface area contributed by atoms with Crippen LogP contribution in [0, 0.1) is 19.7 Å². The van der Waals surface area contributed by atoms with Crippen molar-refractivity contribution in [1.29, 1.82) is 0 Å². The summed E-state index contributed by atoms with van der Waals surface area (Å²) in [5, 5.41) is 3.22. The number of hydrogen-bond donors (Lipinski definition) is 1. The van der Waals surface area contributed by atoms with Crippen LogP contribution < -0.4 is 10.1 Å². The van der Waals surface area contributed by atoms with Gasteiger partial charge in [-0.2, -0.15) is 0 Å². The van der Waals surface area contributed by atoms with Gasteiger partial charge < -0.3 is 10.1 Å². The van der Waals surface area contributed by atoms with E-state index in [1.165, 1.54) is 22.8 Å². The normalized spacial score (nSPS) is 12.2. The van der Waals surface area contributed by atoms with Crippen molar-refractivity contribution in [2.24, 2.45) is 0 Å². The third kappa shape index (κ3) is 3.42. The first-order valence-electron chi connectivity index (χ1n) is 7.12. The maximum absolute atomic E-state index is 14.3. The lowest BCUT2D eigenvalue weighted by molar-refractivity contribution is 0.409. The summed E-state index contributed by atoms with van der Waals surface area (Å²) in [4.78, 5) is 0. The molecule has 1 N–H and O–H groups in total. The fourth-order valence-corrected chi connectivity index (χ4v) is 2.66. The minimum absolute atomic E-state index is 0.0595. The molecule has 0 aromatic heterocycles. The molecular formula is C18H22FNO. The van der Waals surface area contributed by atoms with Gasteiger partial charge in [0, 0.05) is 17.7 Å². The Balaban J connectivity index is 2.32. The minimum atomic E-state index is -0.236. The maximum Gasteiger partial charge on any atom is 0.131 e. The number of likely N-dealkylation sites (N-methyl/N-ethyl adjacent to an activating group) is 1. The summed E-state index contributed by atoms with van der Waals surface area (Å²) >= 11 is 0. The zero-order valence-electron chi connectivity index (χ0n) is 13.0. The largest absolute Gasteiger partial charge is 0.497 e. The van der Waals surface area contributed by atoms with Crippen molar-refractivity contribution in [3.63, 3.8) is 0 Å². The average Bonchev–Trinajstić information content (AvgIpc) is 2.47. The van der Waals surface area contributed by atoms with Gasteiger partial charge >= 0.3 is 0 Å². The summed E-state index contributed by atoms with van der Waals surface area (Å²) < 4.78 is 19.3. The van der Waals surface area contributed by atoms with Crippen molar-refractivity contribution >= 4 is 0 Å². The topological polar surface area (TPSA) is 21.3 Å². The Morgan fingerprint density at radius 3 is 2.33 bits per heavy atom. The van der Waals surface area contributed by atoms with Crippen LogP contribution in [-0.2, 0) is 6.42 Å². The number of nitrogens with one attached hydrogen (secondary N) is 1. The Labute approximate surface area is 126 Å².